The number of rotatable bonds is 7. The molecule has 0 fully saturated rings. The van der Waals surface area contributed by atoms with Gasteiger partial charge in [0, 0.05) is 12.1 Å². The Hall–Kier alpha value is -3.22. The summed E-state index contributed by atoms with van der Waals surface area (Å²) in [5, 5.41) is 0. The number of carbonyl (C=O) groups excluding carboxylic acids is 2. The van der Waals surface area contributed by atoms with Gasteiger partial charge in [0.1, 0.15) is 5.69 Å². The minimum atomic E-state index is -0.436. The normalized spacial score (nSPS) is 10.0. The Balaban J connectivity index is 2.02. The Morgan fingerprint density at radius 3 is 1.72 bits per heavy atom. The SMILES string of the molecule is CCOC(=O)c1ccc(N[N+](=O)c2ccc(C(=O)OCC)cc2)cc1. The third-order valence-electron chi connectivity index (χ3n) is 3.24. The van der Waals surface area contributed by atoms with Crippen molar-refractivity contribution in [2.24, 2.45) is 0 Å². The number of nitrogens with zero attached hydrogens (tertiary/aromatic N) is 1. The van der Waals surface area contributed by atoms with Gasteiger partial charge in [0.15, 0.2) is 4.87 Å². The Morgan fingerprint density at radius 1 is 0.840 bits per heavy atom. The minimum absolute atomic E-state index is 0.289. The fraction of sp³-hybridized carbons (Fsp3) is 0.222. The summed E-state index contributed by atoms with van der Waals surface area (Å²) in [6.07, 6.45) is 0. The number of ether oxygens (including phenoxy) is 2. The molecule has 2 aromatic rings. The number of hydrogen-bond acceptors (Lipinski definition) is 5. The summed E-state index contributed by atoms with van der Waals surface area (Å²) in [5.41, 5.74) is 4.25. The average Bonchev–Trinajstić information content (AvgIpc) is 2.63. The van der Waals surface area contributed by atoms with E-state index in [4.69, 9.17) is 9.47 Å². The zero-order chi connectivity index (χ0) is 18.2. The van der Waals surface area contributed by atoms with Crippen LogP contribution >= 0.6 is 0 Å². The Labute approximate surface area is 145 Å². The minimum Gasteiger partial charge on any atom is -0.462 e. The van der Waals surface area contributed by atoms with Gasteiger partial charge >= 0.3 is 11.9 Å². The monoisotopic (exact) mass is 343 g/mol. The molecule has 130 valence electrons. The van der Waals surface area contributed by atoms with Crippen LogP contribution in [-0.2, 0) is 9.47 Å². The van der Waals surface area contributed by atoms with Gasteiger partial charge in [-0.25, -0.2) is 9.59 Å². The first-order valence-electron chi connectivity index (χ1n) is 7.83. The number of carbonyl (C=O) groups is 2. The first-order valence-corrected chi connectivity index (χ1v) is 7.83. The van der Waals surface area contributed by atoms with E-state index in [0.717, 1.165) is 0 Å². The van der Waals surface area contributed by atoms with Crippen molar-refractivity contribution in [1.82, 2.24) is 0 Å². The van der Waals surface area contributed by atoms with Gasteiger partial charge < -0.3 is 9.47 Å². The van der Waals surface area contributed by atoms with Crippen LogP contribution in [0, 0.1) is 4.91 Å². The van der Waals surface area contributed by atoms with E-state index < -0.39 is 11.9 Å². The van der Waals surface area contributed by atoms with Crippen molar-refractivity contribution in [2.75, 3.05) is 18.6 Å². The summed E-state index contributed by atoms with van der Waals surface area (Å²) in [5.74, 6) is -0.850. The third kappa shape index (κ3) is 4.87. The predicted molar refractivity (Wildman–Crippen MR) is 91.7 cm³/mol. The highest BCUT2D eigenvalue weighted by Crippen LogP contribution is 2.16. The lowest BCUT2D eigenvalue weighted by molar-refractivity contribution is -0.427. The van der Waals surface area contributed by atoms with Gasteiger partial charge in [0.2, 0.25) is 0 Å². The first kappa shape index (κ1) is 18.1. The zero-order valence-electron chi connectivity index (χ0n) is 14.0. The summed E-state index contributed by atoms with van der Waals surface area (Å²) >= 11 is 0. The standard InChI is InChI=1S/C18H18N2O5/c1-3-24-17(21)13-5-9-15(10-6-13)19-20(23)16-11-7-14(8-12-16)18(22)25-4-2/h5-12H,3-4H2,1-2H3/p+1. The van der Waals surface area contributed by atoms with Gasteiger partial charge in [-0.1, -0.05) is 0 Å². The molecule has 0 radical (unpaired) electrons. The lowest BCUT2D eigenvalue weighted by Crippen LogP contribution is -2.11. The average molecular weight is 343 g/mol. The maximum absolute atomic E-state index is 12.1. The molecule has 0 bridgehead atoms. The summed E-state index contributed by atoms with van der Waals surface area (Å²) in [6.45, 7) is 4.05. The van der Waals surface area contributed by atoms with Crippen molar-refractivity contribution in [3.63, 3.8) is 0 Å². The lowest BCUT2D eigenvalue weighted by atomic mass is 10.2. The molecule has 2 aromatic carbocycles. The molecule has 0 aliphatic heterocycles. The van der Waals surface area contributed by atoms with E-state index in [1.165, 1.54) is 24.3 Å². The Morgan fingerprint density at radius 2 is 1.28 bits per heavy atom. The van der Waals surface area contributed by atoms with Crippen LogP contribution in [0.1, 0.15) is 34.6 Å². The summed E-state index contributed by atoms with van der Waals surface area (Å²) < 4.78 is 9.78. The number of nitrogens with one attached hydrogen (secondary N) is 1. The molecule has 0 aromatic heterocycles. The number of benzene rings is 2. The van der Waals surface area contributed by atoms with Gasteiger partial charge in [0.25, 0.3) is 5.69 Å². The van der Waals surface area contributed by atoms with E-state index in [2.05, 4.69) is 5.43 Å². The topological polar surface area (TPSA) is 84.7 Å². The van der Waals surface area contributed by atoms with Crippen LogP contribution in [0.2, 0.25) is 0 Å². The number of esters is 2. The van der Waals surface area contributed by atoms with Crippen molar-refractivity contribution >= 4 is 23.3 Å². The highest BCUT2D eigenvalue weighted by Gasteiger charge is 2.16. The summed E-state index contributed by atoms with van der Waals surface area (Å²) in [6, 6.07) is 12.4. The zero-order valence-corrected chi connectivity index (χ0v) is 14.0. The molecule has 2 rings (SSSR count). The van der Waals surface area contributed by atoms with Crippen LogP contribution in [0.5, 0.6) is 0 Å². The molecule has 0 heterocycles. The number of hydrazine groups is 1. The number of nitroso groups, excluding NO2 is 1. The van der Waals surface area contributed by atoms with E-state index in [0.29, 0.717) is 34.0 Å². The fourth-order valence-electron chi connectivity index (χ4n) is 2.02. The van der Waals surface area contributed by atoms with E-state index in [1.807, 2.05) is 0 Å². The molecule has 0 aliphatic rings. The van der Waals surface area contributed by atoms with Crippen molar-refractivity contribution < 1.29 is 23.9 Å². The van der Waals surface area contributed by atoms with E-state index in [9.17, 15) is 14.5 Å². The van der Waals surface area contributed by atoms with Gasteiger partial charge in [-0.3, -0.25) is 0 Å². The van der Waals surface area contributed by atoms with Crippen molar-refractivity contribution in [3.05, 3.63) is 64.6 Å². The van der Waals surface area contributed by atoms with Crippen LogP contribution in [-0.4, -0.2) is 30.0 Å². The molecule has 0 amide bonds. The second-order valence-electron chi connectivity index (χ2n) is 4.97. The molecule has 25 heavy (non-hydrogen) atoms. The van der Waals surface area contributed by atoms with Crippen LogP contribution in [0.15, 0.2) is 48.5 Å². The van der Waals surface area contributed by atoms with Gasteiger partial charge in [0.05, 0.1) is 29.2 Å². The van der Waals surface area contributed by atoms with Crippen LogP contribution in [0.25, 0.3) is 0 Å². The van der Waals surface area contributed by atoms with Gasteiger partial charge in [-0.2, -0.15) is 0 Å². The van der Waals surface area contributed by atoms with Crippen molar-refractivity contribution in [2.45, 2.75) is 13.8 Å². The molecular formula is C18H19N2O5+. The maximum atomic E-state index is 12.1. The van der Waals surface area contributed by atoms with Crippen LogP contribution < -0.4 is 5.43 Å². The van der Waals surface area contributed by atoms with Gasteiger partial charge in [-0.05, 0) is 50.2 Å². The highest BCUT2D eigenvalue weighted by molar-refractivity contribution is 5.90. The molecule has 0 unspecified atom stereocenters. The molecule has 1 N–H and O–H groups in total. The smallest absolute Gasteiger partial charge is 0.338 e. The van der Waals surface area contributed by atoms with Crippen LogP contribution in [0.3, 0.4) is 0 Å². The Kier molecular flexibility index (Phi) is 6.22. The van der Waals surface area contributed by atoms with Crippen molar-refractivity contribution in [3.8, 4) is 0 Å². The summed E-state index contributed by atoms with van der Waals surface area (Å²) in [4.78, 5) is 35.9. The Bertz CT molecular complexity index is 754. The number of hydrogen-bond donors (Lipinski definition) is 1. The van der Waals surface area contributed by atoms with E-state index in [-0.39, 0.29) is 6.61 Å². The molecule has 0 saturated heterocycles. The lowest BCUT2D eigenvalue weighted by Gasteiger charge is -2.03. The van der Waals surface area contributed by atoms with E-state index in [1.54, 1.807) is 38.1 Å². The molecule has 7 nitrogen and oxygen atoms in total. The predicted octanol–water partition coefficient (Wildman–Crippen LogP) is 3.48. The molecule has 0 atom stereocenters. The quantitative estimate of drug-likeness (QED) is 0.471. The van der Waals surface area contributed by atoms with E-state index >= 15 is 0 Å². The second kappa shape index (κ2) is 8.58. The summed E-state index contributed by atoms with van der Waals surface area (Å²) in [7, 11) is 0. The van der Waals surface area contributed by atoms with Crippen molar-refractivity contribution in [1.29, 1.82) is 0 Å². The molecule has 0 spiro atoms. The molecular weight excluding hydrogens is 324 g/mol. The first-order chi connectivity index (χ1) is 12.0. The molecule has 0 aliphatic carbocycles. The largest absolute Gasteiger partial charge is 0.462 e. The number of anilines is 1. The highest BCUT2D eigenvalue weighted by atomic mass is 16.5. The second-order valence-corrected chi connectivity index (χ2v) is 4.97. The fourth-order valence-corrected chi connectivity index (χ4v) is 2.02. The third-order valence-corrected chi connectivity index (χ3v) is 3.24. The van der Waals surface area contributed by atoms with Crippen LogP contribution in [0.4, 0.5) is 11.4 Å². The maximum Gasteiger partial charge on any atom is 0.338 e. The molecule has 7 heteroatoms. The van der Waals surface area contributed by atoms with Gasteiger partial charge in [-0.15, -0.1) is 5.43 Å². The molecule has 0 saturated carbocycles.